The molecular weight excluding hydrogens is 167 g/mol. The third-order valence-electron chi connectivity index (χ3n) is 2.15. The first-order chi connectivity index (χ1) is 6.12. The van der Waals surface area contributed by atoms with Crippen LogP contribution in [0.2, 0.25) is 0 Å². The molecule has 2 nitrogen and oxygen atoms in total. The van der Waals surface area contributed by atoms with Crippen molar-refractivity contribution in [1.82, 2.24) is 4.98 Å². The molecule has 0 radical (unpaired) electrons. The van der Waals surface area contributed by atoms with Gasteiger partial charge >= 0.3 is 0 Å². The fourth-order valence-corrected chi connectivity index (χ4v) is 1.08. The summed E-state index contributed by atoms with van der Waals surface area (Å²) in [5.74, 6) is -0.355. The number of pyridine rings is 1. The fourth-order valence-electron chi connectivity index (χ4n) is 1.08. The normalized spacial score (nSPS) is 15.0. The van der Waals surface area contributed by atoms with Crippen molar-refractivity contribution in [3.63, 3.8) is 0 Å². The van der Waals surface area contributed by atoms with Crippen LogP contribution in [0.15, 0.2) is 31.0 Å². The van der Waals surface area contributed by atoms with Crippen LogP contribution in [-0.2, 0) is 5.54 Å². The topological polar surface area (TPSA) is 38.9 Å². The summed E-state index contributed by atoms with van der Waals surface area (Å²) in [6.07, 6.45) is 3.48. The lowest BCUT2D eigenvalue weighted by molar-refractivity contribution is 0.519. The molecule has 1 aromatic rings. The summed E-state index contributed by atoms with van der Waals surface area (Å²) in [4.78, 5) is 3.92. The second-order valence-electron chi connectivity index (χ2n) is 2.96. The van der Waals surface area contributed by atoms with Gasteiger partial charge in [-0.25, -0.2) is 4.39 Å². The van der Waals surface area contributed by atoms with Gasteiger partial charge in [0, 0.05) is 0 Å². The number of hydrogen-bond donors (Lipinski definition) is 1. The van der Waals surface area contributed by atoms with Crippen molar-refractivity contribution in [3.8, 4) is 0 Å². The van der Waals surface area contributed by atoms with Crippen molar-refractivity contribution < 1.29 is 4.39 Å². The maximum atomic E-state index is 12.6. The number of hydrogen-bond acceptors (Lipinski definition) is 2. The SMILES string of the molecule is C=CC(N)(CC)c1ccc(F)cn1. The maximum absolute atomic E-state index is 12.6. The highest BCUT2D eigenvalue weighted by molar-refractivity contribution is 5.21. The molecule has 0 aliphatic carbocycles. The molecule has 1 atom stereocenters. The molecule has 0 aromatic carbocycles. The molecule has 0 saturated carbocycles. The Balaban J connectivity index is 3.06. The summed E-state index contributed by atoms with van der Waals surface area (Å²) in [5.41, 5.74) is 5.96. The van der Waals surface area contributed by atoms with Gasteiger partial charge < -0.3 is 5.73 Å². The molecule has 13 heavy (non-hydrogen) atoms. The second-order valence-corrected chi connectivity index (χ2v) is 2.96. The van der Waals surface area contributed by atoms with Gasteiger partial charge in [0.2, 0.25) is 0 Å². The van der Waals surface area contributed by atoms with Crippen LogP contribution in [0.3, 0.4) is 0 Å². The molecule has 0 saturated heterocycles. The van der Waals surface area contributed by atoms with Gasteiger partial charge in [-0.1, -0.05) is 13.0 Å². The molecule has 2 N–H and O–H groups in total. The first-order valence-corrected chi connectivity index (χ1v) is 4.17. The first kappa shape index (κ1) is 9.86. The van der Waals surface area contributed by atoms with E-state index < -0.39 is 5.54 Å². The van der Waals surface area contributed by atoms with E-state index in [9.17, 15) is 4.39 Å². The van der Waals surface area contributed by atoms with Gasteiger partial charge in [0.05, 0.1) is 17.4 Å². The van der Waals surface area contributed by atoms with Crippen LogP contribution in [0.4, 0.5) is 4.39 Å². The Kier molecular flexibility index (Phi) is 2.78. The monoisotopic (exact) mass is 180 g/mol. The van der Waals surface area contributed by atoms with E-state index in [0.29, 0.717) is 12.1 Å². The quantitative estimate of drug-likeness (QED) is 0.722. The van der Waals surface area contributed by atoms with Crippen LogP contribution >= 0.6 is 0 Å². The average Bonchev–Trinajstić information content (AvgIpc) is 2.18. The molecule has 1 heterocycles. The van der Waals surface area contributed by atoms with Crippen LogP contribution < -0.4 is 5.73 Å². The number of nitrogens with zero attached hydrogens (tertiary/aromatic N) is 1. The highest BCUT2D eigenvalue weighted by Crippen LogP contribution is 2.20. The van der Waals surface area contributed by atoms with Gasteiger partial charge in [0.25, 0.3) is 0 Å². The molecule has 0 bridgehead atoms. The Hall–Kier alpha value is -1.22. The summed E-state index contributed by atoms with van der Waals surface area (Å²) in [6, 6.07) is 2.93. The molecule has 1 unspecified atom stereocenters. The Labute approximate surface area is 77.3 Å². The van der Waals surface area contributed by atoms with E-state index in [4.69, 9.17) is 5.73 Å². The van der Waals surface area contributed by atoms with Crippen molar-refractivity contribution >= 4 is 0 Å². The number of rotatable bonds is 3. The summed E-state index contributed by atoms with van der Waals surface area (Å²) in [5, 5.41) is 0. The third-order valence-corrected chi connectivity index (χ3v) is 2.15. The Bertz CT molecular complexity index is 294. The zero-order chi connectivity index (χ0) is 9.90. The van der Waals surface area contributed by atoms with E-state index in [2.05, 4.69) is 11.6 Å². The summed E-state index contributed by atoms with van der Waals surface area (Å²) < 4.78 is 12.6. The minimum atomic E-state index is -0.645. The van der Waals surface area contributed by atoms with Gasteiger partial charge in [0.1, 0.15) is 5.82 Å². The van der Waals surface area contributed by atoms with Crippen LogP contribution in [0.5, 0.6) is 0 Å². The van der Waals surface area contributed by atoms with E-state index in [1.54, 1.807) is 12.1 Å². The predicted molar refractivity (Wildman–Crippen MR) is 50.5 cm³/mol. The summed E-state index contributed by atoms with van der Waals surface area (Å²) >= 11 is 0. The number of aromatic nitrogens is 1. The molecule has 0 aliphatic rings. The zero-order valence-corrected chi connectivity index (χ0v) is 7.63. The molecule has 0 spiro atoms. The van der Waals surface area contributed by atoms with Crippen molar-refractivity contribution in [2.75, 3.05) is 0 Å². The fraction of sp³-hybridized carbons (Fsp3) is 0.300. The minimum Gasteiger partial charge on any atom is -0.317 e. The Morgan fingerprint density at radius 2 is 2.38 bits per heavy atom. The van der Waals surface area contributed by atoms with Gasteiger partial charge in [-0.2, -0.15) is 0 Å². The minimum absolute atomic E-state index is 0.355. The lowest BCUT2D eigenvalue weighted by Gasteiger charge is -2.22. The van der Waals surface area contributed by atoms with Gasteiger partial charge in [-0.15, -0.1) is 6.58 Å². The van der Waals surface area contributed by atoms with Crippen LogP contribution in [0, 0.1) is 5.82 Å². The van der Waals surface area contributed by atoms with E-state index in [-0.39, 0.29) is 5.82 Å². The molecular formula is C10H13FN2. The number of nitrogens with two attached hydrogens (primary N) is 1. The lowest BCUT2D eigenvalue weighted by atomic mass is 9.93. The summed E-state index contributed by atoms with van der Waals surface area (Å²) in [7, 11) is 0. The summed E-state index contributed by atoms with van der Waals surface area (Å²) in [6.45, 7) is 5.58. The van der Waals surface area contributed by atoms with Crippen molar-refractivity contribution in [3.05, 3.63) is 42.5 Å². The van der Waals surface area contributed by atoms with Gasteiger partial charge in [-0.05, 0) is 18.6 Å². The molecule has 1 aromatic heterocycles. The largest absolute Gasteiger partial charge is 0.317 e. The highest BCUT2D eigenvalue weighted by atomic mass is 19.1. The molecule has 70 valence electrons. The Morgan fingerprint density at radius 3 is 2.77 bits per heavy atom. The maximum Gasteiger partial charge on any atom is 0.141 e. The van der Waals surface area contributed by atoms with E-state index >= 15 is 0 Å². The lowest BCUT2D eigenvalue weighted by Crippen LogP contribution is -2.34. The second kappa shape index (κ2) is 3.66. The van der Waals surface area contributed by atoms with Crippen molar-refractivity contribution in [2.45, 2.75) is 18.9 Å². The smallest absolute Gasteiger partial charge is 0.141 e. The first-order valence-electron chi connectivity index (χ1n) is 4.17. The molecule has 0 fully saturated rings. The average molecular weight is 180 g/mol. The third kappa shape index (κ3) is 1.92. The van der Waals surface area contributed by atoms with E-state index in [1.165, 1.54) is 6.07 Å². The van der Waals surface area contributed by atoms with Gasteiger partial charge in [0.15, 0.2) is 0 Å². The molecule has 0 aliphatic heterocycles. The van der Waals surface area contributed by atoms with Crippen LogP contribution in [-0.4, -0.2) is 4.98 Å². The van der Waals surface area contributed by atoms with Crippen molar-refractivity contribution in [1.29, 1.82) is 0 Å². The van der Waals surface area contributed by atoms with Gasteiger partial charge in [-0.3, -0.25) is 4.98 Å². The van der Waals surface area contributed by atoms with Crippen LogP contribution in [0.25, 0.3) is 0 Å². The molecule has 3 heteroatoms. The molecule has 0 amide bonds. The molecule has 1 rings (SSSR count). The Morgan fingerprint density at radius 1 is 1.69 bits per heavy atom. The van der Waals surface area contributed by atoms with E-state index in [1.807, 2.05) is 6.92 Å². The standard InChI is InChI=1S/C10H13FN2/c1-3-10(12,4-2)9-6-5-8(11)7-13-9/h3,5-7H,1,4,12H2,2H3. The predicted octanol–water partition coefficient (Wildman–Crippen LogP) is 1.97. The van der Waals surface area contributed by atoms with Crippen molar-refractivity contribution in [2.24, 2.45) is 5.73 Å². The van der Waals surface area contributed by atoms with Crippen LogP contribution in [0.1, 0.15) is 19.0 Å². The number of halogens is 1. The zero-order valence-electron chi connectivity index (χ0n) is 7.63. The highest BCUT2D eigenvalue weighted by Gasteiger charge is 2.22. The van der Waals surface area contributed by atoms with E-state index in [0.717, 1.165) is 6.20 Å².